The Morgan fingerprint density at radius 1 is 1.14 bits per heavy atom. The SMILES string of the molecule is CNC(C)CNC(=O)c1ccccc1SCc1nnnn1-c1ccccc1.Cl. The molecule has 0 aliphatic heterocycles. The molecule has 1 heterocycles. The smallest absolute Gasteiger partial charge is 0.252 e. The van der Waals surface area contributed by atoms with Crippen molar-refractivity contribution in [2.45, 2.75) is 23.6 Å². The number of benzene rings is 2. The van der Waals surface area contributed by atoms with Crippen LogP contribution in [0.4, 0.5) is 0 Å². The normalized spacial score (nSPS) is 11.5. The second-order valence-electron chi connectivity index (χ2n) is 6.03. The van der Waals surface area contributed by atoms with Crippen molar-refractivity contribution in [1.29, 1.82) is 0 Å². The van der Waals surface area contributed by atoms with Crippen LogP contribution < -0.4 is 10.6 Å². The van der Waals surface area contributed by atoms with Gasteiger partial charge in [-0.1, -0.05) is 30.3 Å². The molecule has 7 nitrogen and oxygen atoms in total. The van der Waals surface area contributed by atoms with Crippen LogP contribution in [-0.4, -0.2) is 45.7 Å². The molecule has 0 spiro atoms. The van der Waals surface area contributed by atoms with Crippen LogP contribution in [0, 0.1) is 0 Å². The van der Waals surface area contributed by atoms with Crippen LogP contribution in [0.5, 0.6) is 0 Å². The standard InChI is InChI=1S/C19H22N6OS.ClH/c1-14(20-2)12-21-19(26)16-10-6-7-11-17(16)27-13-18-22-23-24-25(18)15-8-4-3-5-9-15;/h3-11,14,20H,12-13H2,1-2H3,(H,21,26);1H. The number of amides is 1. The second kappa shape index (κ2) is 10.8. The van der Waals surface area contributed by atoms with Crippen molar-refractivity contribution < 1.29 is 4.79 Å². The fourth-order valence-electron chi connectivity index (χ4n) is 2.43. The lowest BCUT2D eigenvalue weighted by atomic mass is 10.2. The van der Waals surface area contributed by atoms with E-state index in [0.717, 1.165) is 16.4 Å². The van der Waals surface area contributed by atoms with Crippen LogP contribution in [-0.2, 0) is 5.75 Å². The molecular weight excluding hydrogens is 396 g/mol. The summed E-state index contributed by atoms with van der Waals surface area (Å²) in [5, 5.41) is 18.1. The molecule has 1 unspecified atom stereocenters. The number of aromatic nitrogens is 4. The summed E-state index contributed by atoms with van der Waals surface area (Å²) in [6, 6.07) is 17.5. The number of halogens is 1. The predicted molar refractivity (Wildman–Crippen MR) is 113 cm³/mol. The molecule has 1 aromatic heterocycles. The van der Waals surface area contributed by atoms with Crippen molar-refractivity contribution in [2.24, 2.45) is 0 Å². The van der Waals surface area contributed by atoms with Crippen molar-refractivity contribution in [2.75, 3.05) is 13.6 Å². The van der Waals surface area contributed by atoms with Gasteiger partial charge in [0.25, 0.3) is 5.91 Å². The zero-order chi connectivity index (χ0) is 19.1. The van der Waals surface area contributed by atoms with Crippen molar-refractivity contribution in [3.05, 3.63) is 66.0 Å². The number of hydrogen-bond donors (Lipinski definition) is 2. The molecule has 3 rings (SSSR count). The Labute approximate surface area is 174 Å². The summed E-state index contributed by atoms with van der Waals surface area (Å²) in [6.45, 7) is 2.59. The highest BCUT2D eigenvalue weighted by Crippen LogP contribution is 2.26. The van der Waals surface area contributed by atoms with Gasteiger partial charge in [-0.15, -0.1) is 29.3 Å². The van der Waals surface area contributed by atoms with Crippen LogP contribution in [0.3, 0.4) is 0 Å². The summed E-state index contributed by atoms with van der Waals surface area (Å²) >= 11 is 1.54. The Morgan fingerprint density at radius 3 is 2.61 bits per heavy atom. The van der Waals surface area contributed by atoms with Gasteiger partial charge in [0.1, 0.15) is 0 Å². The first kappa shape index (κ1) is 21.9. The maximum absolute atomic E-state index is 12.5. The number of nitrogens with zero attached hydrogens (tertiary/aromatic N) is 4. The summed E-state index contributed by atoms with van der Waals surface area (Å²) in [6.07, 6.45) is 0. The molecule has 1 atom stereocenters. The van der Waals surface area contributed by atoms with Gasteiger partial charge in [-0.25, -0.2) is 0 Å². The van der Waals surface area contributed by atoms with E-state index in [9.17, 15) is 4.79 Å². The second-order valence-corrected chi connectivity index (χ2v) is 7.04. The van der Waals surface area contributed by atoms with Gasteiger partial charge in [-0.3, -0.25) is 4.79 Å². The Hall–Kier alpha value is -2.42. The Bertz CT molecular complexity index is 889. The number of likely N-dealkylation sites (N-methyl/N-ethyl adjacent to an activating group) is 1. The average molecular weight is 419 g/mol. The zero-order valence-corrected chi connectivity index (χ0v) is 17.3. The number of tetrazole rings is 1. The number of hydrogen-bond acceptors (Lipinski definition) is 6. The van der Waals surface area contributed by atoms with Gasteiger partial charge < -0.3 is 10.6 Å². The highest BCUT2D eigenvalue weighted by molar-refractivity contribution is 7.98. The molecule has 0 radical (unpaired) electrons. The summed E-state index contributed by atoms with van der Waals surface area (Å²) in [7, 11) is 1.87. The molecular formula is C19H23ClN6OS. The molecule has 28 heavy (non-hydrogen) atoms. The molecule has 0 saturated heterocycles. The minimum Gasteiger partial charge on any atom is -0.350 e. The molecule has 2 N–H and O–H groups in total. The van der Waals surface area contributed by atoms with Crippen LogP contribution >= 0.6 is 24.2 Å². The van der Waals surface area contributed by atoms with Crippen molar-refractivity contribution in [3.8, 4) is 5.69 Å². The molecule has 0 bridgehead atoms. The first-order chi connectivity index (χ1) is 13.2. The first-order valence-electron chi connectivity index (χ1n) is 8.69. The molecule has 0 saturated carbocycles. The summed E-state index contributed by atoms with van der Waals surface area (Å²) in [5.74, 6) is 1.20. The van der Waals surface area contributed by atoms with Gasteiger partial charge in [-0.2, -0.15) is 4.68 Å². The van der Waals surface area contributed by atoms with Crippen LogP contribution in [0.2, 0.25) is 0 Å². The number of carbonyl (C=O) groups excluding carboxylic acids is 1. The molecule has 0 aliphatic rings. The van der Waals surface area contributed by atoms with E-state index in [1.807, 2.05) is 68.6 Å². The lowest BCUT2D eigenvalue weighted by molar-refractivity contribution is 0.0947. The molecule has 1 amide bonds. The third-order valence-electron chi connectivity index (χ3n) is 4.08. The van der Waals surface area contributed by atoms with E-state index in [1.54, 1.807) is 16.4 Å². The lowest BCUT2D eigenvalue weighted by Gasteiger charge is -2.13. The molecule has 2 aromatic carbocycles. The highest BCUT2D eigenvalue weighted by Gasteiger charge is 2.14. The number of nitrogens with one attached hydrogen (secondary N) is 2. The number of thioether (sulfide) groups is 1. The van der Waals surface area contributed by atoms with Gasteiger partial charge in [-0.05, 0) is 48.7 Å². The largest absolute Gasteiger partial charge is 0.350 e. The minimum atomic E-state index is -0.0807. The van der Waals surface area contributed by atoms with Gasteiger partial charge in [0, 0.05) is 17.5 Å². The van der Waals surface area contributed by atoms with Gasteiger partial charge in [0.05, 0.1) is 17.0 Å². The van der Waals surface area contributed by atoms with Crippen molar-refractivity contribution in [1.82, 2.24) is 30.8 Å². The number of rotatable bonds is 8. The maximum atomic E-state index is 12.5. The van der Waals surface area contributed by atoms with Crippen LogP contribution in [0.15, 0.2) is 59.5 Å². The zero-order valence-electron chi connectivity index (χ0n) is 15.7. The van der Waals surface area contributed by atoms with Gasteiger partial charge in [0.15, 0.2) is 5.82 Å². The van der Waals surface area contributed by atoms with Crippen molar-refractivity contribution in [3.63, 3.8) is 0 Å². The van der Waals surface area contributed by atoms with E-state index < -0.39 is 0 Å². The molecule has 3 aromatic rings. The summed E-state index contributed by atoms with van der Waals surface area (Å²) < 4.78 is 1.71. The predicted octanol–water partition coefficient (Wildman–Crippen LogP) is 2.71. The maximum Gasteiger partial charge on any atom is 0.252 e. The average Bonchev–Trinajstić information content (AvgIpc) is 3.19. The van der Waals surface area contributed by atoms with E-state index in [-0.39, 0.29) is 24.4 Å². The Morgan fingerprint density at radius 2 is 1.86 bits per heavy atom. The van der Waals surface area contributed by atoms with Crippen molar-refractivity contribution >= 4 is 30.1 Å². The van der Waals surface area contributed by atoms with E-state index >= 15 is 0 Å². The van der Waals surface area contributed by atoms with Gasteiger partial charge >= 0.3 is 0 Å². The lowest BCUT2D eigenvalue weighted by Crippen LogP contribution is -2.37. The third kappa shape index (κ3) is 5.54. The monoisotopic (exact) mass is 418 g/mol. The van der Waals surface area contributed by atoms with Gasteiger partial charge in [0.2, 0.25) is 0 Å². The number of para-hydroxylation sites is 1. The number of carbonyl (C=O) groups is 1. The fourth-order valence-corrected chi connectivity index (χ4v) is 3.39. The Kier molecular flexibility index (Phi) is 8.43. The molecule has 0 aliphatic carbocycles. The molecule has 9 heteroatoms. The Balaban J connectivity index is 0.00000280. The van der Waals surface area contributed by atoms with E-state index in [4.69, 9.17) is 0 Å². The fraction of sp³-hybridized carbons (Fsp3) is 0.263. The third-order valence-corrected chi connectivity index (χ3v) is 5.15. The van der Waals surface area contributed by atoms with E-state index in [2.05, 4.69) is 26.2 Å². The molecule has 0 fully saturated rings. The summed E-state index contributed by atoms with van der Waals surface area (Å²) in [4.78, 5) is 13.4. The van der Waals surface area contributed by atoms with Crippen LogP contribution in [0.25, 0.3) is 5.69 Å². The van der Waals surface area contributed by atoms with E-state index in [1.165, 1.54) is 0 Å². The minimum absolute atomic E-state index is 0. The van der Waals surface area contributed by atoms with E-state index in [0.29, 0.717) is 17.9 Å². The van der Waals surface area contributed by atoms with Crippen LogP contribution in [0.1, 0.15) is 23.1 Å². The topological polar surface area (TPSA) is 84.7 Å². The first-order valence-corrected chi connectivity index (χ1v) is 9.67. The quantitative estimate of drug-likeness (QED) is 0.547. The molecule has 148 valence electrons. The summed E-state index contributed by atoms with van der Waals surface area (Å²) in [5.41, 5.74) is 1.56. The highest BCUT2D eigenvalue weighted by atomic mass is 35.5.